The first kappa shape index (κ1) is 13.8. The highest BCUT2D eigenvalue weighted by atomic mass is 16.2. The molecule has 0 saturated heterocycles. The average Bonchev–Trinajstić information content (AvgIpc) is 2.56. The fourth-order valence-electron chi connectivity index (χ4n) is 3.05. The van der Waals surface area contributed by atoms with Crippen LogP contribution in [0.1, 0.15) is 22.7 Å². The van der Waals surface area contributed by atoms with Crippen LogP contribution < -0.4 is 4.90 Å². The summed E-state index contributed by atoms with van der Waals surface area (Å²) in [4.78, 5) is 16.2. The summed E-state index contributed by atoms with van der Waals surface area (Å²) < 4.78 is 0. The molecule has 3 nitrogen and oxygen atoms in total. The van der Waals surface area contributed by atoms with Crippen LogP contribution in [0.25, 0.3) is 0 Å². The standard InChI is InChI=1S/C18H20N2O/c1-13-9-10-16-15(11-13)18(14-7-5-4-6-8-14)19(2)12-17(21)20(16)3/h4-11,18H,12H2,1-3H3. The number of rotatable bonds is 1. The van der Waals surface area contributed by atoms with Crippen molar-refractivity contribution in [1.82, 2.24) is 4.90 Å². The molecule has 0 saturated carbocycles. The van der Waals surface area contributed by atoms with Crippen molar-refractivity contribution in [3.05, 3.63) is 65.2 Å². The molecular weight excluding hydrogens is 260 g/mol. The number of fused-ring (bicyclic) bond motifs is 1. The topological polar surface area (TPSA) is 23.6 Å². The van der Waals surface area contributed by atoms with Gasteiger partial charge in [-0.05, 0) is 31.2 Å². The van der Waals surface area contributed by atoms with Crippen molar-refractivity contribution in [2.45, 2.75) is 13.0 Å². The molecule has 0 bridgehead atoms. The van der Waals surface area contributed by atoms with Crippen LogP contribution in [0.5, 0.6) is 0 Å². The van der Waals surface area contributed by atoms with Gasteiger partial charge < -0.3 is 4.90 Å². The molecule has 2 aromatic carbocycles. The fourth-order valence-corrected chi connectivity index (χ4v) is 3.05. The molecule has 1 heterocycles. The van der Waals surface area contributed by atoms with Crippen molar-refractivity contribution in [2.24, 2.45) is 0 Å². The predicted molar refractivity (Wildman–Crippen MR) is 85.5 cm³/mol. The van der Waals surface area contributed by atoms with Gasteiger partial charge >= 0.3 is 0 Å². The second-order valence-electron chi connectivity index (χ2n) is 5.74. The Morgan fingerprint density at radius 1 is 1.05 bits per heavy atom. The summed E-state index contributed by atoms with van der Waals surface area (Å²) in [5.41, 5.74) is 4.63. The summed E-state index contributed by atoms with van der Waals surface area (Å²) in [6.07, 6.45) is 0. The molecule has 0 fully saturated rings. The lowest BCUT2D eigenvalue weighted by atomic mass is 9.95. The molecule has 21 heavy (non-hydrogen) atoms. The number of amides is 1. The van der Waals surface area contributed by atoms with Crippen molar-refractivity contribution < 1.29 is 4.79 Å². The Morgan fingerprint density at radius 2 is 1.76 bits per heavy atom. The van der Waals surface area contributed by atoms with E-state index in [9.17, 15) is 4.79 Å². The quantitative estimate of drug-likeness (QED) is 0.801. The highest BCUT2D eigenvalue weighted by Crippen LogP contribution is 2.37. The van der Waals surface area contributed by atoms with Crippen LogP contribution in [0.15, 0.2) is 48.5 Å². The normalized spacial score (nSPS) is 19.3. The summed E-state index contributed by atoms with van der Waals surface area (Å²) >= 11 is 0. The minimum Gasteiger partial charge on any atom is -0.314 e. The molecule has 1 unspecified atom stereocenters. The fraction of sp³-hybridized carbons (Fsp3) is 0.278. The molecule has 0 aliphatic carbocycles. The van der Waals surface area contributed by atoms with E-state index < -0.39 is 0 Å². The Labute approximate surface area is 125 Å². The van der Waals surface area contributed by atoms with Crippen molar-refractivity contribution >= 4 is 11.6 Å². The summed E-state index contributed by atoms with van der Waals surface area (Å²) in [5.74, 6) is 0.126. The maximum absolute atomic E-state index is 12.3. The van der Waals surface area contributed by atoms with Crippen LogP contribution in [-0.4, -0.2) is 31.4 Å². The van der Waals surface area contributed by atoms with Crippen molar-refractivity contribution in [2.75, 3.05) is 25.5 Å². The van der Waals surface area contributed by atoms with Crippen LogP contribution in [0.2, 0.25) is 0 Å². The van der Waals surface area contributed by atoms with Crippen molar-refractivity contribution in [1.29, 1.82) is 0 Å². The van der Waals surface area contributed by atoms with Crippen LogP contribution in [0.3, 0.4) is 0 Å². The Bertz CT molecular complexity index is 666. The van der Waals surface area contributed by atoms with E-state index >= 15 is 0 Å². The lowest BCUT2D eigenvalue weighted by Crippen LogP contribution is -2.34. The minimum atomic E-state index is 0.106. The van der Waals surface area contributed by atoms with Crippen LogP contribution in [-0.2, 0) is 4.79 Å². The average molecular weight is 280 g/mol. The van der Waals surface area contributed by atoms with E-state index in [-0.39, 0.29) is 11.9 Å². The molecule has 3 heteroatoms. The van der Waals surface area contributed by atoms with Gasteiger partial charge in [-0.3, -0.25) is 9.69 Å². The van der Waals surface area contributed by atoms with Gasteiger partial charge in [0.1, 0.15) is 0 Å². The highest BCUT2D eigenvalue weighted by Gasteiger charge is 2.30. The number of aryl methyl sites for hydroxylation is 1. The van der Waals surface area contributed by atoms with Gasteiger partial charge in [-0.2, -0.15) is 0 Å². The molecule has 3 rings (SSSR count). The SMILES string of the molecule is Cc1ccc2c(c1)C(c1ccccc1)N(C)CC(=O)N2C. The van der Waals surface area contributed by atoms with Crippen LogP contribution in [0, 0.1) is 6.92 Å². The molecule has 1 aliphatic rings. The van der Waals surface area contributed by atoms with E-state index in [1.807, 2.05) is 20.2 Å². The second kappa shape index (κ2) is 5.34. The largest absolute Gasteiger partial charge is 0.314 e. The van der Waals surface area contributed by atoms with E-state index in [4.69, 9.17) is 0 Å². The van der Waals surface area contributed by atoms with Gasteiger partial charge in [0.05, 0.1) is 12.6 Å². The van der Waals surface area contributed by atoms with E-state index in [0.29, 0.717) is 6.54 Å². The van der Waals surface area contributed by atoms with E-state index in [0.717, 1.165) is 5.69 Å². The highest BCUT2D eigenvalue weighted by molar-refractivity contribution is 5.96. The Hall–Kier alpha value is -2.13. The van der Waals surface area contributed by atoms with E-state index in [2.05, 4.69) is 54.3 Å². The predicted octanol–water partition coefficient (Wildman–Crippen LogP) is 2.99. The number of carbonyl (C=O) groups excluding carboxylic acids is 1. The van der Waals surface area contributed by atoms with Crippen molar-refractivity contribution in [3.8, 4) is 0 Å². The zero-order valence-electron chi connectivity index (χ0n) is 12.7. The molecule has 1 aliphatic heterocycles. The third-order valence-corrected chi connectivity index (χ3v) is 4.15. The van der Waals surface area contributed by atoms with Crippen LogP contribution >= 0.6 is 0 Å². The summed E-state index contributed by atoms with van der Waals surface area (Å²) in [5, 5.41) is 0. The van der Waals surface area contributed by atoms with Gasteiger partial charge in [0.2, 0.25) is 5.91 Å². The number of benzene rings is 2. The molecular formula is C18H20N2O. The first-order chi connectivity index (χ1) is 10.1. The summed E-state index contributed by atoms with van der Waals surface area (Å²) in [7, 11) is 3.87. The lowest BCUT2D eigenvalue weighted by Gasteiger charge is -2.27. The molecule has 0 N–H and O–H groups in total. The number of anilines is 1. The minimum absolute atomic E-state index is 0.106. The van der Waals surface area contributed by atoms with Gasteiger partial charge in [0.25, 0.3) is 0 Å². The number of likely N-dealkylation sites (N-methyl/N-ethyl adjacent to an activating group) is 2. The number of nitrogens with zero attached hydrogens (tertiary/aromatic N) is 2. The monoisotopic (exact) mass is 280 g/mol. The number of hydrogen-bond acceptors (Lipinski definition) is 2. The van der Waals surface area contributed by atoms with Crippen LogP contribution in [0.4, 0.5) is 5.69 Å². The van der Waals surface area contributed by atoms with Gasteiger partial charge in [-0.25, -0.2) is 0 Å². The van der Waals surface area contributed by atoms with E-state index in [1.54, 1.807) is 4.90 Å². The Morgan fingerprint density at radius 3 is 2.48 bits per heavy atom. The zero-order valence-corrected chi connectivity index (χ0v) is 12.7. The van der Waals surface area contributed by atoms with E-state index in [1.165, 1.54) is 16.7 Å². The smallest absolute Gasteiger partial charge is 0.240 e. The number of carbonyl (C=O) groups is 1. The van der Waals surface area contributed by atoms with Gasteiger partial charge in [-0.1, -0.05) is 48.0 Å². The molecule has 0 radical (unpaired) electrons. The van der Waals surface area contributed by atoms with Gasteiger partial charge in [-0.15, -0.1) is 0 Å². The van der Waals surface area contributed by atoms with Crippen molar-refractivity contribution in [3.63, 3.8) is 0 Å². The van der Waals surface area contributed by atoms with Gasteiger partial charge in [0.15, 0.2) is 0 Å². The second-order valence-corrected chi connectivity index (χ2v) is 5.74. The third kappa shape index (κ3) is 2.45. The Kier molecular flexibility index (Phi) is 3.52. The van der Waals surface area contributed by atoms with Gasteiger partial charge in [0, 0.05) is 12.7 Å². The first-order valence-electron chi connectivity index (χ1n) is 7.20. The number of hydrogen-bond donors (Lipinski definition) is 0. The maximum atomic E-state index is 12.3. The molecule has 0 spiro atoms. The molecule has 2 aromatic rings. The molecule has 1 atom stereocenters. The molecule has 0 aromatic heterocycles. The lowest BCUT2D eigenvalue weighted by molar-refractivity contribution is -0.119. The molecule has 1 amide bonds. The third-order valence-electron chi connectivity index (χ3n) is 4.15. The molecule has 108 valence electrons. The summed E-state index contributed by atoms with van der Waals surface area (Å²) in [6.45, 7) is 2.51. The zero-order chi connectivity index (χ0) is 15.0. The first-order valence-corrected chi connectivity index (χ1v) is 7.20. The Balaban J connectivity index is 2.21. The maximum Gasteiger partial charge on any atom is 0.240 e. The summed E-state index contributed by atoms with van der Waals surface area (Å²) in [6, 6.07) is 16.8.